The van der Waals surface area contributed by atoms with Crippen LogP contribution in [0.15, 0.2) is 53.5 Å². The Kier molecular flexibility index (Phi) is 7.78. The fourth-order valence-electron chi connectivity index (χ4n) is 4.20. The SMILES string of the molecule is Cc1c(CC(=O)NC(CCO)C(=O)O)cc(C2=CC=C(S(C)(=O)=O)CC2C)n1-c1ccccc1. The first-order valence-corrected chi connectivity index (χ1v) is 12.9. The number of carbonyl (C=O) groups is 2. The summed E-state index contributed by atoms with van der Waals surface area (Å²) in [5, 5.41) is 20.8. The molecule has 1 aromatic carbocycles. The lowest BCUT2D eigenvalue weighted by Crippen LogP contribution is -2.42. The molecule has 0 saturated heterocycles. The molecule has 0 aliphatic heterocycles. The first-order chi connectivity index (χ1) is 16.0. The van der Waals surface area contributed by atoms with E-state index < -0.39 is 27.8 Å². The van der Waals surface area contributed by atoms with Crippen LogP contribution in [0.2, 0.25) is 0 Å². The number of aromatic nitrogens is 1. The number of amides is 1. The number of rotatable bonds is 9. The molecule has 1 amide bonds. The van der Waals surface area contributed by atoms with Crippen LogP contribution in [0.25, 0.3) is 11.3 Å². The van der Waals surface area contributed by atoms with Crippen molar-refractivity contribution >= 4 is 27.3 Å². The maximum atomic E-state index is 12.6. The molecule has 1 aliphatic rings. The number of benzene rings is 1. The molecule has 0 fully saturated rings. The summed E-state index contributed by atoms with van der Waals surface area (Å²) in [6.07, 6.45) is 4.96. The highest BCUT2D eigenvalue weighted by Gasteiger charge is 2.27. The smallest absolute Gasteiger partial charge is 0.326 e. The average molecular weight is 487 g/mol. The molecule has 2 unspecified atom stereocenters. The lowest BCUT2D eigenvalue weighted by atomic mass is 9.90. The van der Waals surface area contributed by atoms with Gasteiger partial charge >= 0.3 is 5.97 Å². The van der Waals surface area contributed by atoms with Crippen molar-refractivity contribution in [3.63, 3.8) is 0 Å². The van der Waals surface area contributed by atoms with Crippen LogP contribution in [-0.2, 0) is 25.8 Å². The summed E-state index contributed by atoms with van der Waals surface area (Å²) in [6, 6.07) is 10.4. The molecule has 3 N–H and O–H groups in total. The zero-order chi connectivity index (χ0) is 25.0. The van der Waals surface area contributed by atoms with Gasteiger partial charge in [0, 0.05) is 41.3 Å². The lowest BCUT2D eigenvalue weighted by molar-refractivity contribution is -0.142. The molecule has 0 saturated carbocycles. The molecule has 9 heteroatoms. The van der Waals surface area contributed by atoms with Crippen LogP contribution in [0.1, 0.15) is 36.7 Å². The van der Waals surface area contributed by atoms with E-state index in [2.05, 4.69) is 5.32 Å². The van der Waals surface area contributed by atoms with Crippen LogP contribution in [0, 0.1) is 12.8 Å². The van der Waals surface area contributed by atoms with Gasteiger partial charge in [0.25, 0.3) is 0 Å². The van der Waals surface area contributed by atoms with Gasteiger partial charge in [-0.25, -0.2) is 13.2 Å². The van der Waals surface area contributed by atoms with E-state index >= 15 is 0 Å². The molecular formula is C25H30N2O6S. The molecule has 0 radical (unpaired) electrons. The van der Waals surface area contributed by atoms with Gasteiger partial charge in [-0.2, -0.15) is 0 Å². The zero-order valence-corrected chi connectivity index (χ0v) is 20.3. The third-order valence-corrected chi connectivity index (χ3v) is 7.28. The van der Waals surface area contributed by atoms with Crippen molar-refractivity contribution < 1.29 is 28.2 Å². The van der Waals surface area contributed by atoms with Gasteiger partial charge in [-0.1, -0.05) is 31.2 Å². The third-order valence-electron chi connectivity index (χ3n) is 6.03. The van der Waals surface area contributed by atoms with E-state index in [1.54, 1.807) is 6.08 Å². The summed E-state index contributed by atoms with van der Waals surface area (Å²) < 4.78 is 26.1. The van der Waals surface area contributed by atoms with E-state index in [0.29, 0.717) is 11.3 Å². The van der Waals surface area contributed by atoms with E-state index in [1.165, 1.54) is 6.26 Å². The van der Waals surface area contributed by atoms with Crippen molar-refractivity contribution in [1.29, 1.82) is 0 Å². The quantitative estimate of drug-likeness (QED) is 0.500. The minimum Gasteiger partial charge on any atom is -0.480 e. The Bertz CT molecular complexity index is 1240. The molecular weight excluding hydrogens is 456 g/mol. The van der Waals surface area contributed by atoms with Crippen LogP contribution in [-0.4, -0.2) is 54.0 Å². The second-order valence-electron chi connectivity index (χ2n) is 8.59. The summed E-state index contributed by atoms with van der Waals surface area (Å²) in [7, 11) is -3.28. The number of hydrogen-bond donors (Lipinski definition) is 3. The van der Waals surface area contributed by atoms with Crippen LogP contribution in [0.3, 0.4) is 0 Å². The van der Waals surface area contributed by atoms with Gasteiger partial charge in [0.2, 0.25) is 5.91 Å². The molecule has 8 nitrogen and oxygen atoms in total. The summed E-state index contributed by atoms with van der Waals surface area (Å²) in [4.78, 5) is 24.4. The Labute approximate surface area is 199 Å². The maximum absolute atomic E-state index is 12.6. The standard InChI is InChI=1S/C25H30N2O6S/c1-16-13-20(34(3,32)33)9-10-21(16)23-14-18(15-24(29)26-22(11-12-28)25(30)31)17(2)27(23)19-7-5-4-6-8-19/h4-10,14,16,22,28H,11-13,15H2,1-3H3,(H,26,29)(H,30,31). The van der Waals surface area contributed by atoms with E-state index in [0.717, 1.165) is 28.2 Å². The Morgan fingerprint density at radius 2 is 1.88 bits per heavy atom. The number of carboxylic acids is 1. The Morgan fingerprint density at radius 1 is 1.21 bits per heavy atom. The predicted octanol–water partition coefficient (Wildman–Crippen LogP) is 2.63. The normalized spacial score (nSPS) is 17.0. The predicted molar refractivity (Wildman–Crippen MR) is 130 cm³/mol. The molecule has 3 rings (SSSR count). The molecule has 2 atom stereocenters. The number of para-hydroxylation sites is 1. The van der Waals surface area contributed by atoms with Crippen LogP contribution < -0.4 is 5.32 Å². The highest BCUT2D eigenvalue weighted by Crippen LogP contribution is 2.37. The van der Waals surface area contributed by atoms with Crippen LogP contribution in [0.4, 0.5) is 0 Å². The van der Waals surface area contributed by atoms with E-state index in [1.807, 2.05) is 60.9 Å². The van der Waals surface area contributed by atoms with Crippen molar-refractivity contribution in [2.45, 2.75) is 39.2 Å². The highest BCUT2D eigenvalue weighted by molar-refractivity contribution is 7.94. The molecule has 0 bridgehead atoms. The Hall–Kier alpha value is -3.17. The second-order valence-corrected chi connectivity index (χ2v) is 10.7. The Balaban J connectivity index is 2.03. The Morgan fingerprint density at radius 3 is 2.44 bits per heavy atom. The average Bonchev–Trinajstić information content (AvgIpc) is 3.08. The summed E-state index contributed by atoms with van der Waals surface area (Å²) >= 11 is 0. The van der Waals surface area contributed by atoms with Crippen LogP contribution >= 0.6 is 0 Å². The monoisotopic (exact) mass is 486 g/mol. The number of nitrogens with zero attached hydrogens (tertiary/aromatic N) is 1. The molecule has 2 aromatic rings. The van der Waals surface area contributed by atoms with Gasteiger partial charge < -0.3 is 20.1 Å². The fourth-order valence-corrected chi connectivity index (χ4v) is 5.07. The molecule has 1 aliphatic carbocycles. The number of nitrogens with one attached hydrogen (secondary N) is 1. The number of sulfone groups is 1. The van der Waals surface area contributed by atoms with Gasteiger partial charge in [-0.15, -0.1) is 0 Å². The summed E-state index contributed by atoms with van der Waals surface area (Å²) in [6.45, 7) is 3.52. The zero-order valence-electron chi connectivity index (χ0n) is 19.5. The summed E-state index contributed by atoms with van der Waals surface area (Å²) in [5.41, 5.74) is 4.27. The van der Waals surface area contributed by atoms with Crippen molar-refractivity contribution in [2.24, 2.45) is 5.92 Å². The molecule has 1 heterocycles. The van der Waals surface area contributed by atoms with Crippen molar-refractivity contribution in [2.75, 3.05) is 12.9 Å². The topological polar surface area (TPSA) is 126 Å². The number of aliphatic hydroxyl groups excluding tert-OH is 1. The molecule has 1 aromatic heterocycles. The van der Waals surface area contributed by atoms with E-state index in [9.17, 15) is 23.1 Å². The summed E-state index contributed by atoms with van der Waals surface area (Å²) in [5.74, 6) is -1.71. The number of carboxylic acid groups (broad SMARTS) is 1. The number of aliphatic hydroxyl groups is 1. The van der Waals surface area contributed by atoms with Crippen molar-refractivity contribution in [3.8, 4) is 5.69 Å². The van der Waals surface area contributed by atoms with E-state index in [4.69, 9.17) is 5.11 Å². The lowest BCUT2D eigenvalue weighted by Gasteiger charge is -2.23. The van der Waals surface area contributed by atoms with Gasteiger partial charge in [0.15, 0.2) is 9.84 Å². The van der Waals surface area contributed by atoms with Crippen molar-refractivity contribution in [1.82, 2.24) is 9.88 Å². The minimum absolute atomic E-state index is 0.0278. The van der Waals surface area contributed by atoms with Gasteiger partial charge in [0.1, 0.15) is 6.04 Å². The van der Waals surface area contributed by atoms with Crippen LogP contribution in [0.5, 0.6) is 0 Å². The second kappa shape index (κ2) is 10.4. The number of carbonyl (C=O) groups excluding carboxylic acids is 1. The van der Waals surface area contributed by atoms with E-state index in [-0.39, 0.29) is 25.4 Å². The largest absolute Gasteiger partial charge is 0.480 e. The minimum atomic E-state index is -3.28. The number of hydrogen-bond acceptors (Lipinski definition) is 5. The third kappa shape index (κ3) is 5.66. The fraction of sp³-hybridized carbons (Fsp3) is 0.360. The molecule has 182 valence electrons. The number of allylic oxidation sites excluding steroid dienone is 4. The van der Waals surface area contributed by atoms with Crippen molar-refractivity contribution in [3.05, 3.63) is 70.4 Å². The molecule has 34 heavy (non-hydrogen) atoms. The number of aliphatic carboxylic acids is 1. The highest BCUT2D eigenvalue weighted by atomic mass is 32.2. The van der Waals surface area contributed by atoms with Gasteiger partial charge in [-0.05, 0) is 54.7 Å². The first kappa shape index (κ1) is 25.5. The molecule has 0 spiro atoms. The van der Waals surface area contributed by atoms with Gasteiger partial charge in [0.05, 0.1) is 6.42 Å². The van der Waals surface area contributed by atoms with Gasteiger partial charge in [-0.3, -0.25) is 4.79 Å². The first-order valence-electron chi connectivity index (χ1n) is 11.0. The maximum Gasteiger partial charge on any atom is 0.326 e.